The third kappa shape index (κ3) is 11.9. The maximum absolute atomic E-state index is 13.7. The molecule has 0 saturated carbocycles. The Bertz CT molecular complexity index is 1770. The summed E-state index contributed by atoms with van der Waals surface area (Å²) in [7, 11) is 2.35. The number of ether oxygens (including phenoxy) is 9. The number of carbonyl (C=O) groups is 4. The highest BCUT2D eigenvalue weighted by Gasteiger charge is 2.57. The van der Waals surface area contributed by atoms with Gasteiger partial charge in [-0.25, -0.2) is 9.59 Å². The minimum atomic E-state index is -2.50. The number of methoxy groups -OCH3 is 2. The van der Waals surface area contributed by atoms with E-state index in [0.29, 0.717) is 5.56 Å². The monoisotopic (exact) mass is 853 g/mol. The third-order valence-corrected chi connectivity index (χ3v) is 9.43. The summed E-state index contributed by atoms with van der Waals surface area (Å²) in [5.74, 6) is -3.83. The summed E-state index contributed by atoms with van der Waals surface area (Å²) in [5, 5.41) is 14.1. The molecule has 308 valence electrons. The molecule has 57 heavy (non-hydrogen) atoms. The van der Waals surface area contributed by atoms with Gasteiger partial charge in [-0.05, 0) is 23.3 Å². The van der Waals surface area contributed by atoms with Crippen molar-refractivity contribution in [3.05, 3.63) is 108 Å². The fraction of sp³-hybridized carbons (Fsp3) is 0.436. The Morgan fingerprint density at radius 2 is 1.35 bits per heavy atom. The van der Waals surface area contributed by atoms with Crippen LogP contribution in [-0.4, -0.2) is 115 Å². The number of aliphatic hydroxyl groups excluding tert-OH is 1. The van der Waals surface area contributed by atoms with Crippen molar-refractivity contribution in [2.45, 2.75) is 85.3 Å². The lowest BCUT2D eigenvalue weighted by Gasteiger charge is -2.49. The molecule has 3 aromatic rings. The van der Waals surface area contributed by atoms with Crippen molar-refractivity contribution in [3.63, 3.8) is 0 Å². The first-order valence-electron chi connectivity index (χ1n) is 17.6. The second-order valence-electron chi connectivity index (χ2n) is 12.9. The highest BCUT2D eigenvalue weighted by atomic mass is 35.6. The van der Waals surface area contributed by atoms with Gasteiger partial charge in [0.1, 0.15) is 30.5 Å². The Morgan fingerprint density at radius 3 is 1.91 bits per heavy atom. The normalized spacial score (nSPS) is 27.5. The van der Waals surface area contributed by atoms with Gasteiger partial charge in [-0.3, -0.25) is 9.59 Å². The van der Waals surface area contributed by atoms with Gasteiger partial charge < -0.3 is 53.1 Å². The van der Waals surface area contributed by atoms with E-state index in [9.17, 15) is 24.3 Å². The number of amides is 1. The van der Waals surface area contributed by atoms with Crippen LogP contribution in [0.2, 0.25) is 0 Å². The van der Waals surface area contributed by atoms with Gasteiger partial charge in [0.05, 0.1) is 32.5 Å². The molecule has 2 fully saturated rings. The number of esters is 3. The van der Waals surface area contributed by atoms with E-state index in [2.05, 4.69) is 5.32 Å². The number of carbonyl (C=O) groups excluding carboxylic acids is 4. The van der Waals surface area contributed by atoms with Crippen LogP contribution in [0.15, 0.2) is 91.0 Å². The Labute approximate surface area is 343 Å². The third-order valence-electron chi connectivity index (χ3n) is 8.91. The molecule has 2 heterocycles. The molecule has 2 saturated heterocycles. The van der Waals surface area contributed by atoms with Crippen molar-refractivity contribution < 1.29 is 66.9 Å². The summed E-state index contributed by atoms with van der Waals surface area (Å²) >= 11 is 17.9. The van der Waals surface area contributed by atoms with Gasteiger partial charge in [-0.2, -0.15) is 0 Å². The van der Waals surface area contributed by atoms with Gasteiger partial charge in [-0.15, -0.1) is 0 Å². The number of hydrogen-bond acceptors (Lipinski definition) is 14. The molecule has 5 rings (SSSR count). The Morgan fingerprint density at radius 1 is 0.754 bits per heavy atom. The quantitative estimate of drug-likeness (QED) is 0.128. The summed E-state index contributed by atoms with van der Waals surface area (Å²) < 4.78 is 50.8. The fourth-order valence-electron chi connectivity index (χ4n) is 6.24. The smallest absolute Gasteiger partial charge is 0.338 e. The van der Waals surface area contributed by atoms with Gasteiger partial charge in [0.2, 0.25) is 0 Å². The van der Waals surface area contributed by atoms with E-state index in [-0.39, 0.29) is 25.4 Å². The molecule has 2 N–H and O–H groups in total. The first-order valence-corrected chi connectivity index (χ1v) is 18.8. The molecule has 18 heteroatoms. The van der Waals surface area contributed by atoms with Gasteiger partial charge in [0.25, 0.3) is 9.70 Å². The second kappa shape index (κ2) is 20.7. The summed E-state index contributed by atoms with van der Waals surface area (Å²) in [5.41, 5.74) is 1.62. The molecule has 15 nitrogen and oxygen atoms in total. The van der Waals surface area contributed by atoms with Crippen LogP contribution >= 0.6 is 34.8 Å². The lowest BCUT2D eigenvalue weighted by molar-refractivity contribution is -0.342. The van der Waals surface area contributed by atoms with Crippen molar-refractivity contribution in [1.82, 2.24) is 5.32 Å². The predicted molar refractivity (Wildman–Crippen MR) is 202 cm³/mol. The van der Waals surface area contributed by atoms with E-state index >= 15 is 0 Å². The van der Waals surface area contributed by atoms with Crippen LogP contribution in [0.3, 0.4) is 0 Å². The van der Waals surface area contributed by atoms with E-state index in [0.717, 1.165) is 19.6 Å². The SMILES string of the molecule is COC(=O)[C@@H]1O[C@@H](O[C@@H]2[C@@H](NC(=O)C(Cl)(Cl)Cl)[C@H](OC)O[C@H](COCc3ccccc3)[C@@H]2OC(C)=O)[C@H](OC(=O)c2ccccc2)[C@@H](OCc2ccccc2)[C@@H]1O. The standard InChI is InChI=1S/C39H42Cl3NO14/c1-22(44)53-29-26(21-51-19-23-13-7-4-8-14-23)54-36(50-3)27(43-38(48)39(40,41)42)30(29)56-37-33(55-34(46)25-17-11-6-12-18-25)31(28(45)32(57-37)35(47)49-2)52-20-24-15-9-5-10-16-24/h4-18,26-33,36-37,45H,19-21H2,1-3H3,(H,43,48)/t26-,27-,28+,29+,30-,31+,32-,33-,36-,37-/m1/s1. The lowest BCUT2D eigenvalue weighted by Crippen LogP contribution is -2.69. The zero-order valence-corrected chi connectivity index (χ0v) is 33.2. The van der Waals surface area contributed by atoms with Crippen LogP contribution in [0.25, 0.3) is 0 Å². The van der Waals surface area contributed by atoms with Crippen LogP contribution < -0.4 is 5.32 Å². The molecule has 10 atom stereocenters. The predicted octanol–water partition coefficient (Wildman–Crippen LogP) is 3.82. The van der Waals surface area contributed by atoms with Crippen LogP contribution in [0.4, 0.5) is 0 Å². The molecule has 0 aliphatic carbocycles. The van der Waals surface area contributed by atoms with Gasteiger partial charge in [0, 0.05) is 14.0 Å². The van der Waals surface area contributed by atoms with Gasteiger partial charge in [0.15, 0.2) is 30.9 Å². The Hall–Kier alpha value is -3.87. The van der Waals surface area contributed by atoms with E-state index < -0.39 is 89.0 Å². The number of benzene rings is 3. The largest absolute Gasteiger partial charge is 0.467 e. The molecule has 0 unspecified atom stereocenters. The first-order chi connectivity index (χ1) is 27.3. The summed E-state index contributed by atoms with van der Waals surface area (Å²) in [6.07, 6.45) is -14.0. The van der Waals surface area contributed by atoms with E-state index in [1.165, 1.54) is 19.2 Å². The number of nitrogens with one attached hydrogen (secondary N) is 1. The molecule has 0 bridgehead atoms. The average molecular weight is 855 g/mol. The van der Waals surface area contributed by atoms with Gasteiger partial charge in [-0.1, -0.05) is 114 Å². The van der Waals surface area contributed by atoms with Crippen molar-refractivity contribution >= 4 is 58.6 Å². The molecule has 3 aromatic carbocycles. The average Bonchev–Trinajstić information content (AvgIpc) is 3.20. The topological polar surface area (TPSA) is 184 Å². The summed E-state index contributed by atoms with van der Waals surface area (Å²) in [4.78, 5) is 52.8. The molecule has 1 amide bonds. The summed E-state index contributed by atoms with van der Waals surface area (Å²) in [6, 6.07) is 24.5. The van der Waals surface area contributed by atoms with E-state index in [4.69, 9.17) is 77.4 Å². The molecule has 2 aliphatic heterocycles. The zero-order valence-electron chi connectivity index (χ0n) is 30.9. The van der Waals surface area contributed by atoms with E-state index in [1.807, 2.05) is 30.3 Å². The molecule has 0 spiro atoms. The number of halogens is 3. The highest BCUT2D eigenvalue weighted by molar-refractivity contribution is 6.76. The van der Waals surface area contributed by atoms with Crippen LogP contribution in [0, 0.1) is 0 Å². The van der Waals surface area contributed by atoms with E-state index in [1.54, 1.807) is 48.5 Å². The molecular formula is C39H42Cl3NO14. The molecule has 2 aliphatic rings. The van der Waals surface area contributed by atoms with Crippen LogP contribution in [0.5, 0.6) is 0 Å². The van der Waals surface area contributed by atoms with Crippen molar-refractivity contribution in [3.8, 4) is 0 Å². The number of hydrogen-bond donors (Lipinski definition) is 2. The summed E-state index contributed by atoms with van der Waals surface area (Å²) in [6.45, 7) is 0.938. The van der Waals surface area contributed by atoms with Crippen molar-refractivity contribution in [2.75, 3.05) is 20.8 Å². The number of aliphatic hydroxyl groups is 1. The van der Waals surface area contributed by atoms with Gasteiger partial charge >= 0.3 is 17.9 Å². The first kappa shape index (κ1) is 44.2. The lowest BCUT2D eigenvalue weighted by atomic mass is 9.94. The van der Waals surface area contributed by atoms with Crippen LogP contribution in [0.1, 0.15) is 28.4 Å². The zero-order chi connectivity index (χ0) is 41.1. The maximum atomic E-state index is 13.7. The molecule has 0 aromatic heterocycles. The minimum Gasteiger partial charge on any atom is -0.467 e. The minimum absolute atomic E-state index is 0.120. The number of rotatable bonds is 15. The molecule has 0 radical (unpaired) electrons. The highest BCUT2D eigenvalue weighted by Crippen LogP contribution is 2.35. The maximum Gasteiger partial charge on any atom is 0.338 e. The van der Waals surface area contributed by atoms with Crippen LogP contribution in [-0.2, 0) is 70.2 Å². The van der Waals surface area contributed by atoms with Crippen molar-refractivity contribution in [1.29, 1.82) is 0 Å². The molecular weight excluding hydrogens is 813 g/mol. The number of alkyl halides is 3. The fourth-order valence-corrected chi connectivity index (χ4v) is 6.40. The Kier molecular flexibility index (Phi) is 16.1. The Balaban J connectivity index is 1.57. The second-order valence-corrected chi connectivity index (χ2v) is 15.2. The van der Waals surface area contributed by atoms with Crippen molar-refractivity contribution in [2.24, 2.45) is 0 Å².